The molecule has 1 saturated heterocycles. The van der Waals surface area contributed by atoms with E-state index < -0.39 is 10.0 Å². The Balaban J connectivity index is 1.54. The number of sulfonamides is 1. The van der Waals surface area contributed by atoms with E-state index in [9.17, 15) is 13.2 Å². The molecule has 2 heterocycles. The third-order valence-electron chi connectivity index (χ3n) is 6.46. The number of benzene rings is 1. The molecule has 0 bridgehead atoms. The maximum atomic E-state index is 13.4. The fourth-order valence-electron chi connectivity index (χ4n) is 4.60. The largest absolute Gasteiger partial charge is 0.483 e. The Morgan fingerprint density at radius 2 is 1.76 bits per heavy atom. The summed E-state index contributed by atoms with van der Waals surface area (Å²) in [6.45, 7) is 4.19. The molecule has 1 aromatic heterocycles. The lowest BCUT2D eigenvalue weighted by Gasteiger charge is -2.36. The Hall–Kier alpha value is -2.39. The van der Waals surface area contributed by atoms with E-state index in [1.165, 1.54) is 4.68 Å². The molecule has 2 aromatic rings. The molecule has 0 radical (unpaired) electrons. The number of anilines is 1. The van der Waals surface area contributed by atoms with Crippen molar-refractivity contribution in [1.29, 1.82) is 0 Å². The van der Waals surface area contributed by atoms with Crippen molar-refractivity contribution in [1.82, 2.24) is 14.1 Å². The van der Waals surface area contributed by atoms with Crippen LogP contribution >= 0.6 is 0 Å². The first-order valence-electron chi connectivity index (χ1n) is 12.0. The third kappa shape index (κ3) is 5.76. The monoisotopic (exact) mass is 474 g/mol. The minimum atomic E-state index is -3.22. The fourth-order valence-corrected chi connectivity index (χ4v) is 6.10. The van der Waals surface area contributed by atoms with Gasteiger partial charge in [0.2, 0.25) is 15.8 Å². The van der Waals surface area contributed by atoms with E-state index in [1.54, 1.807) is 10.5 Å². The van der Waals surface area contributed by atoms with Crippen LogP contribution in [0.15, 0.2) is 41.3 Å². The van der Waals surface area contributed by atoms with Crippen LogP contribution in [0.1, 0.15) is 44.6 Å². The predicted octanol–water partition coefficient (Wildman–Crippen LogP) is 2.67. The topological polar surface area (TPSA) is 84.7 Å². The summed E-state index contributed by atoms with van der Waals surface area (Å²) >= 11 is 0. The highest BCUT2D eigenvalue weighted by atomic mass is 32.2. The Kier molecular flexibility index (Phi) is 7.70. The lowest BCUT2D eigenvalue weighted by atomic mass is 10.1. The minimum absolute atomic E-state index is 0.0487. The first-order valence-corrected chi connectivity index (χ1v) is 13.6. The number of nitrogens with zero attached hydrogens (tertiary/aromatic N) is 4. The fraction of sp³-hybridized carbons (Fsp3) is 0.583. The van der Waals surface area contributed by atoms with Crippen molar-refractivity contribution in [3.05, 3.63) is 52.4 Å². The van der Waals surface area contributed by atoms with Crippen molar-refractivity contribution >= 4 is 15.7 Å². The molecular weight excluding hydrogens is 440 g/mol. The summed E-state index contributed by atoms with van der Waals surface area (Å²) in [5, 5.41) is 4.45. The van der Waals surface area contributed by atoms with E-state index in [4.69, 9.17) is 4.74 Å². The van der Waals surface area contributed by atoms with Gasteiger partial charge in [-0.05, 0) is 44.1 Å². The van der Waals surface area contributed by atoms with Gasteiger partial charge in [-0.15, -0.1) is 0 Å². The van der Waals surface area contributed by atoms with Crippen LogP contribution in [-0.4, -0.2) is 60.5 Å². The van der Waals surface area contributed by atoms with Crippen LogP contribution in [0.4, 0.5) is 5.69 Å². The average Bonchev–Trinajstić information content (AvgIpc) is 3.34. The van der Waals surface area contributed by atoms with Gasteiger partial charge in [0.15, 0.2) is 0 Å². The molecule has 180 valence electrons. The van der Waals surface area contributed by atoms with Crippen LogP contribution in [0, 0.1) is 0 Å². The van der Waals surface area contributed by atoms with E-state index in [1.807, 2.05) is 42.2 Å². The summed E-state index contributed by atoms with van der Waals surface area (Å²) in [5.74, 6) is 0.525. The summed E-state index contributed by atoms with van der Waals surface area (Å²) in [5.41, 5.74) is 1.62. The molecule has 0 N–H and O–H groups in total. The van der Waals surface area contributed by atoms with Gasteiger partial charge in [0.1, 0.15) is 5.69 Å². The van der Waals surface area contributed by atoms with Gasteiger partial charge in [-0.2, -0.15) is 9.40 Å². The Bertz CT molecular complexity index is 1070. The quantitative estimate of drug-likeness (QED) is 0.556. The Morgan fingerprint density at radius 1 is 1.06 bits per heavy atom. The Labute approximate surface area is 196 Å². The summed E-state index contributed by atoms with van der Waals surface area (Å²) in [7, 11) is -3.22. The number of hydrogen-bond donors (Lipinski definition) is 0. The number of aryl methyl sites for hydroxylation is 2. The summed E-state index contributed by atoms with van der Waals surface area (Å²) in [6, 6.07) is 10.0. The van der Waals surface area contributed by atoms with E-state index in [0.717, 1.165) is 31.2 Å². The summed E-state index contributed by atoms with van der Waals surface area (Å²) in [6.07, 6.45) is 7.21. The number of hydrogen-bond acceptors (Lipinski definition) is 6. The summed E-state index contributed by atoms with van der Waals surface area (Å²) in [4.78, 5) is 15.4. The molecule has 0 atom stereocenters. The van der Waals surface area contributed by atoms with Gasteiger partial charge in [0.25, 0.3) is 0 Å². The van der Waals surface area contributed by atoms with Crippen molar-refractivity contribution in [2.45, 2.75) is 58.1 Å². The second-order valence-electron chi connectivity index (χ2n) is 8.85. The molecule has 2 fully saturated rings. The Morgan fingerprint density at radius 3 is 2.42 bits per heavy atom. The molecule has 9 heteroatoms. The van der Waals surface area contributed by atoms with E-state index >= 15 is 0 Å². The predicted molar refractivity (Wildman–Crippen MR) is 129 cm³/mol. The van der Waals surface area contributed by atoms with Crippen molar-refractivity contribution < 1.29 is 13.2 Å². The zero-order chi connectivity index (χ0) is 23.3. The number of aromatic nitrogens is 2. The average molecular weight is 475 g/mol. The molecule has 1 aromatic carbocycles. The van der Waals surface area contributed by atoms with E-state index in [0.29, 0.717) is 57.0 Å². The van der Waals surface area contributed by atoms with Crippen molar-refractivity contribution in [2.75, 3.05) is 36.8 Å². The summed E-state index contributed by atoms with van der Waals surface area (Å²) < 4.78 is 34.2. The van der Waals surface area contributed by atoms with Gasteiger partial charge in [-0.25, -0.2) is 13.1 Å². The standard InChI is InChI=1S/C24H34N4O4S/c1-2-18-33(30,31)27-16-14-26(15-17-27)22-19-25-28(13-12-20-8-4-3-5-9-20)24(29)23(22)32-21-10-6-7-11-21/h3-5,8-9,19,21H,2,6-7,10-18H2,1H3. The molecule has 0 amide bonds. The van der Waals surface area contributed by atoms with Gasteiger partial charge >= 0.3 is 5.56 Å². The highest BCUT2D eigenvalue weighted by Crippen LogP contribution is 2.30. The van der Waals surface area contributed by atoms with Gasteiger partial charge in [-0.1, -0.05) is 37.3 Å². The zero-order valence-corrected chi connectivity index (χ0v) is 20.2. The van der Waals surface area contributed by atoms with Crippen molar-refractivity contribution in [3.8, 4) is 5.75 Å². The van der Waals surface area contributed by atoms with Crippen LogP contribution in [0.5, 0.6) is 5.75 Å². The highest BCUT2D eigenvalue weighted by Gasteiger charge is 2.29. The third-order valence-corrected chi connectivity index (χ3v) is 8.53. The second kappa shape index (κ2) is 10.7. The van der Waals surface area contributed by atoms with Crippen LogP contribution in [0.25, 0.3) is 0 Å². The van der Waals surface area contributed by atoms with Crippen LogP contribution in [0.3, 0.4) is 0 Å². The highest BCUT2D eigenvalue weighted by molar-refractivity contribution is 7.89. The molecule has 1 saturated carbocycles. The molecule has 0 spiro atoms. The van der Waals surface area contributed by atoms with Gasteiger partial charge in [-0.3, -0.25) is 4.79 Å². The lowest BCUT2D eigenvalue weighted by Crippen LogP contribution is -2.49. The number of rotatable bonds is 9. The van der Waals surface area contributed by atoms with Gasteiger partial charge in [0.05, 0.1) is 18.1 Å². The van der Waals surface area contributed by atoms with Gasteiger partial charge < -0.3 is 9.64 Å². The SMILES string of the molecule is CCCS(=O)(=O)N1CCN(c2cnn(CCc3ccccc3)c(=O)c2OC2CCCC2)CC1. The molecule has 8 nitrogen and oxygen atoms in total. The second-order valence-corrected chi connectivity index (χ2v) is 10.9. The lowest BCUT2D eigenvalue weighted by molar-refractivity contribution is 0.204. The van der Waals surface area contributed by atoms with Crippen LogP contribution < -0.4 is 15.2 Å². The number of piperazine rings is 1. The zero-order valence-electron chi connectivity index (χ0n) is 19.4. The van der Waals surface area contributed by atoms with Gasteiger partial charge in [0, 0.05) is 32.7 Å². The molecule has 0 unspecified atom stereocenters. The molecule has 1 aliphatic heterocycles. The normalized spacial score (nSPS) is 18.0. The van der Waals surface area contributed by atoms with Crippen molar-refractivity contribution in [3.63, 3.8) is 0 Å². The molecule has 4 rings (SSSR count). The van der Waals surface area contributed by atoms with Crippen LogP contribution in [-0.2, 0) is 23.0 Å². The first kappa shape index (κ1) is 23.8. The molecular formula is C24H34N4O4S. The maximum absolute atomic E-state index is 13.4. The number of ether oxygens (including phenoxy) is 1. The molecule has 2 aliphatic rings. The smallest absolute Gasteiger partial charge is 0.311 e. The first-order chi connectivity index (χ1) is 16.0. The van der Waals surface area contributed by atoms with Crippen LogP contribution in [0.2, 0.25) is 0 Å². The maximum Gasteiger partial charge on any atom is 0.311 e. The molecule has 1 aliphatic carbocycles. The van der Waals surface area contributed by atoms with Crippen molar-refractivity contribution in [2.24, 2.45) is 0 Å². The van der Waals surface area contributed by atoms with E-state index in [2.05, 4.69) is 5.10 Å². The molecule has 33 heavy (non-hydrogen) atoms. The van der Waals surface area contributed by atoms with E-state index in [-0.39, 0.29) is 17.4 Å². The minimum Gasteiger partial charge on any atom is -0.483 e.